The number of anilines is 1. The number of nitrogens with zero attached hydrogens (tertiary/aromatic N) is 2. The first kappa shape index (κ1) is 18.2. The molecule has 0 radical (unpaired) electrons. The van der Waals surface area contributed by atoms with Gasteiger partial charge in [0.25, 0.3) is 11.6 Å². The minimum absolute atomic E-state index is 0.0160. The SMILES string of the molecule is CC(C)CC(CN)NC(=O)c1ccc(N2CCCC2)c([N+](=O)[O-])c1. The van der Waals surface area contributed by atoms with Gasteiger partial charge in [-0.15, -0.1) is 0 Å². The van der Waals surface area contributed by atoms with Crippen molar-refractivity contribution in [2.75, 3.05) is 24.5 Å². The standard InChI is InChI=1S/C17H26N4O3/c1-12(2)9-14(11-18)19-17(22)13-5-6-15(16(10-13)21(23)24)20-7-3-4-8-20/h5-6,10,12,14H,3-4,7-9,11,18H2,1-2H3,(H,19,22). The van der Waals surface area contributed by atoms with Gasteiger partial charge in [-0.3, -0.25) is 14.9 Å². The Morgan fingerprint density at radius 1 is 1.38 bits per heavy atom. The van der Waals surface area contributed by atoms with Gasteiger partial charge in [0.1, 0.15) is 5.69 Å². The molecule has 0 saturated carbocycles. The molecule has 0 spiro atoms. The third kappa shape index (κ3) is 4.44. The minimum atomic E-state index is -0.418. The minimum Gasteiger partial charge on any atom is -0.366 e. The lowest BCUT2D eigenvalue weighted by Crippen LogP contribution is -2.41. The number of amides is 1. The van der Waals surface area contributed by atoms with E-state index in [2.05, 4.69) is 19.2 Å². The molecular formula is C17H26N4O3. The van der Waals surface area contributed by atoms with Gasteiger partial charge in [0.2, 0.25) is 0 Å². The van der Waals surface area contributed by atoms with Crippen molar-refractivity contribution in [3.63, 3.8) is 0 Å². The molecule has 7 nitrogen and oxygen atoms in total. The lowest BCUT2D eigenvalue weighted by atomic mass is 10.0. The molecule has 1 aromatic rings. The Labute approximate surface area is 142 Å². The van der Waals surface area contributed by atoms with Crippen molar-refractivity contribution in [2.24, 2.45) is 11.7 Å². The Kier molecular flexibility index (Phi) is 6.14. The average Bonchev–Trinajstić information content (AvgIpc) is 3.07. The van der Waals surface area contributed by atoms with Gasteiger partial charge in [-0.1, -0.05) is 13.8 Å². The maximum Gasteiger partial charge on any atom is 0.293 e. The molecule has 0 aliphatic carbocycles. The van der Waals surface area contributed by atoms with Crippen LogP contribution in [0.1, 0.15) is 43.5 Å². The third-order valence-corrected chi connectivity index (χ3v) is 4.26. The van der Waals surface area contributed by atoms with E-state index in [4.69, 9.17) is 5.73 Å². The van der Waals surface area contributed by atoms with Crippen LogP contribution >= 0.6 is 0 Å². The summed E-state index contributed by atoms with van der Waals surface area (Å²) in [6.45, 7) is 6.10. The number of carbonyl (C=O) groups excluding carboxylic acids is 1. The lowest BCUT2D eigenvalue weighted by molar-refractivity contribution is -0.384. The van der Waals surface area contributed by atoms with E-state index in [-0.39, 0.29) is 17.6 Å². The highest BCUT2D eigenvalue weighted by atomic mass is 16.6. The van der Waals surface area contributed by atoms with Gasteiger partial charge < -0.3 is 16.0 Å². The number of rotatable bonds is 7. The van der Waals surface area contributed by atoms with Crippen LogP contribution in [0.15, 0.2) is 18.2 Å². The van der Waals surface area contributed by atoms with Gasteiger partial charge in [0, 0.05) is 37.3 Å². The zero-order valence-corrected chi connectivity index (χ0v) is 14.3. The molecule has 1 atom stereocenters. The van der Waals surface area contributed by atoms with Crippen molar-refractivity contribution in [3.8, 4) is 0 Å². The molecule has 3 N–H and O–H groups in total. The molecule has 7 heteroatoms. The zero-order chi connectivity index (χ0) is 17.7. The van der Waals surface area contributed by atoms with Gasteiger partial charge in [-0.2, -0.15) is 0 Å². The zero-order valence-electron chi connectivity index (χ0n) is 14.3. The van der Waals surface area contributed by atoms with Gasteiger partial charge in [-0.25, -0.2) is 0 Å². The summed E-state index contributed by atoms with van der Waals surface area (Å²) in [6.07, 6.45) is 2.84. The largest absolute Gasteiger partial charge is 0.366 e. The number of nitrogens with one attached hydrogen (secondary N) is 1. The summed E-state index contributed by atoms with van der Waals surface area (Å²) in [6, 6.07) is 4.57. The second-order valence-corrected chi connectivity index (χ2v) is 6.69. The van der Waals surface area contributed by atoms with Crippen molar-refractivity contribution in [1.29, 1.82) is 0 Å². The highest BCUT2D eigenvalue weighted by Gasteiger charge is 2.24. The maximum absolute atomic E-state index is 12.4. The molecule has 1 saturated heterocycles. The summed E-state index contributed by atoms with van der Waals surface area (Å²) in [5.41, 5.74) is 6.57. The number of hydrogen-bond acceptors (Lipinski definition) is 5. The Morgan fingerprint density at radius 3 is 2.58 bits per heavy atom. The molecule has 1 heterocycles. The van der Waals surface area contributed by atoms with E-state index in [1.165, 1.54) is 6.07 Å². The van der Waals surface area contributed by atoms with Crippen LogP contribution < -0.4 is 16.0 Å². The number of nitro groups is 1. The van der Waals surface area contributed by atoms with E-state index < -0.39 is 4.92 Å². The van der Waals surface area contributed by atoms with Gasteiger partial charge in [0.05, 0.1) is 4.92 Å². The molecule has 1 aliphatic heterocycles. The van der Waals surface area contributed by atoms with E-state index in [1.54, 1.807) is 12.1 Å². The number of benzene rings is 1. The summed E-state index contributed by atoms with van der Waals surface area (Å²) in [5, 5.41) is 14.3. The molecule has 1 fully saturated rings. The third-order valence-electron chi connectivity index (χ3n) is 4.26. The van der Waals surface area contributed by atoms with Crippen LogP contribution in [0.25, 0.3) is 0 Å². The van der Waals surface area contributed by atoms with Crippen molar-refractivity contribution >= 4 is 17.3 Å². The molecule has 2 rings (SSSR count). The van der Waals surface area contributed by atoms with E-state index in [0.29, 0.717) is 23.7 Å². The van der Waals surface area contributed by atoms with Crippen LogP contribution in [0.3, 0.4) is 0 Å². The predicted octanol–water partition coefficient (Wildman–Crippen LogP) is 2.30. The van der Waals surface area contributed by atoms with Gasteiger partial charge in [-0.05, 0) is 37.3 Å². The maximum atomic E-state index is 12.4. The molecular weight excluding hydrogens is 308 g/mol. The van der Waals surface area contributed by atoms with Crippen LogP contribution in [-0.4, -0.2) is 36.5 Å². The first-order chi connectivity index (χ1) is 11.4. The van der Waals surface area contributed by atoms with Crippen LogP contribution in [0, 0.1) is 16.0 Å². The Balaban J connectivity index is 2.19. The summed E-state index contributed by atoms with van der Waals surface area (Å²) >= 11 is 0. The molecule has 132 valence electrons. The Hall–Kier alpha value is -2.15. The number of hydrogen-bond donors (Lipinski definition) is 2. The smallest absolute Gasteiger partial charge is 0.293 e. The predicted molar refractivity (Wildman–Crippen MR) is 94.3 cm³/mol. The topological polar surface area (TPSA) is 102 Å². The fourth-order valence-electron chi connectivity index (χ4n) is 3.09. The van der Waals surface area contributed by atoms with Crippen LogP contribution in [-0.2, 0) is 0 Å². The fraction of sp³-hybridized carbons (Fsp3) is 0.588. The molecule has 1 aliphatic rings. The quantitative estimate of drug-likeness (QED) is 0.588. The van der Waals surface area contributed by atoms with Gasteiger partial charge >= 0.3 is 0 Å². The van der Waals surface area contributed by atoms with Crippen molar-refractivity contribution in [2.45, 2.75) is 39.2 Å². The summed E-state index contributed by atoms with van der Waals surface area (Å²) in [7, 11) is 0. The molecule has 1 aromatic carbocycles. The highest BCUT2D eigenvalue weighted by molar-refractivity contribution is 5.96. The molecule has 24 heavy (non-hydrogen) atoms. The monoisotopic (exact) mass is 334 g/mol. The summed E-state index contributed by atoms with van der Waals surface area (Å²) < 4.78 is 0. The highest BCUT2D eigenvalue weighted by Crippen LogP contribution is 2.31. The summed E-state index contributed by atoms with van der Waals surface area (Å²) in [4.78, 5) is 25.4. The first-order valence-corrected chi connectivity index (χ1v) is 8.46. The van der Waals surface area contributed by atoms with Crippen LogP contribution in [0.2, 0.25) is 0 Å². The van der Waals surface area contributed by atoms with Crippen molar-refractivity contribution in [3.05, 3.63) is 33.9 Å². The van der Waals surface area contributed by atoms with Crippen molar-refractivity contribution < 1.29 is 9.72 Å². The van der Waals surface area contributed by atoms with E-state index in [1.807, 2.05) is 4.90 Å². The Bertz CT molecular complexity index is 597. The van der Waals surface area contributed by atoms with E-state index in [9.17, 15) is 14.9 Å². The second kappa shape index (κ2) is 8.10. The lowest BCUT2D eigenvalue weighted by Gasteiger charge is -2.20. The second-order valence-electron chi connectivity index (χ2n) is 6.69. The van der Waals surface area contributed by atoms with Gasteiger partial charge in [0.15, 0.2) is 0 Å². The molecule has 0 aromatic heterocycles. The Morgan fingerprint density at radius 2 is 2.04 bits per heavy atom. The van der Waals surface area contributed by atoms with Crippen molar-refractivity contribution in [1.82, 2.24) is 5.32 Å². The number of carbonyl (C=O) groups is 1. The van der Waals surface area contributed by atoms with E-state index in [0.717, 1.165) is 32.4 Å². The molecule has 1 unspecified atom stereocenters. The van der Waals surface area contributed by atoms with Crippen LogP contribution in [0.4, 0.5) is 11.4 Å². The number of nitrogens with two attached hydrogens (primary N) is 1. The van der Waals surface area contributed by atoms with E-state index >= 15 is 0 Å². The molecule has 0 bridgehead atoms. The average molecular weight is 334 g/mol. The van der Waals surface area contributed by atoms with Crippen LogP contribution in [0.5, 0.6) is 0 Å². The first-order valence-electron chi connectivity index (χ1n) is 8.46. The normalized spacial score (nSPS) is 15.6. The fourth-order valence-corrected chi connectivity index (χ4v) is 3.09. The number of nitro benzene ring substituents is 1. The molecule has 1 amide bonds. The summed E-state index contributed by atoms with van der Waals surface area (Å²) in [5.74, 6) is 0.0906.